The molecular weight excluding hydrogens is 423 g/mol. The van der Waals surface area contributed by atoms with Crippen LogP contribution in [-0.4, -0.2) is 47.4 Å². The molecule has 2 atom stereocenters. The molecule has 2 unspecified atom stereocenters. The lowest BCUT2D eigenvalue weighted by Gasteiger charge is -2.35. The van der Waals surface area contributed by atoms with Gasteiger partial charge in [-0.1, -0.05) is 42.5 Å². The van der Waals surface area contributed by atoms with Crippen LogP contribution in [0.15, 0.2) is 72.9 Å². The van der Waals surface area contributed by atoms with Gasteiger partial charge in [0.15, 0.2) is 0 Å². The number of carbonyl (C=O) groups is 1. The van der Waals surface area contributed by atoms with E-state index in [0.29, 0.717) is 18.8 Å². The summed E-state index contributed by atoms with van der Waals surface area (Å²) in [4.78, 5) is 18.2. The summed E-state index contributed by atoms with van der Waals surface area (Å²) >= 11 is 0. The third-order valence-corrected chi connectivity index (χ3v) is 5.52. The van der Waals surface area contributed by atoms with Gasteiger partial charge in [-0.15, -0.1) is 0 Å². The van der Waals surface area contributed by atoms with Gasteiger partial charge in [-0.3, -0.25) is 0 Å². The number of benzene rings is 2. The summed E-state index contributed by atoms with van der Waals surface area (Å²) in [6.07, 6.45) is 2.53. The van der Waals surface area contributed by atoms with Gasteiger partial charge in [-0.2, -0.15) is 0 Å². The molecule has 7 heteroatoms. The minimum atomic E-state index is -0.314. The first-order valence-electron chi connectivity index (χ1n) is 10.9. The Morgan fingerprint density at radius 3 is 2.33 bits per heavy atom. The molecule has 3 aromatic rings. The summed E-state index contributed by atoms with van der Waals surface area (Å²) in [6.45, 7) is 2.67. The van der Waals surface area contributed by atoms with Gasteiger partial charge in [-0.05, 0) is 36.2 Å². The van der Waals surface area contributed by atoms with Crippen LogP contribution in [0.2, 0.25) is 0 Å². The molecule has 0 aliphatic carbocycles. The molecule has 33 heavy (non-hydrogen) atoms. The highest BCUT2D eigenvalue weighted by Gasteiger charge is 2.30. The normalized spacial score (nSPS) is 16.3. The zero-order chi connectivity index (χ0) is 23.6. The number of aromatic nitrogens is 1. The van der Waals surface area contributed by atoms with E-state index in [2.05, 4.69) is 4.98 Å². The van der Waals surface area contributed by atoms with Crippen molar-refractivity contribution in [3.05, 3.63) is 84.3 Å². The van der Waals surface area contributed by atoms with Crippen LogP contribution in [0, 0.1) is 5.82 Å². The lowest BCUT2D eigenvalue weighted by atomic mass is 10.0. The molecule has 1 N–H and O–H groups in total. The number of amides is 1. The number of nitrogens with zero attached hydrogens (tertiary/aromatic N) is 2. The van der Waals surface area contributed by atoms with Gasteiger partial charge in [0.1, 0.15) is 11.9 Å². The summed E-state index contributed by atoms with van der Waals surface area (Å²) < 4.78 is 22.4. The van der Waals surface area contributed by atoms with Crippen LogP contribution in [0.1, 0.15) is 31.4 Å². The van der Waals surface area contributed by atoms with Gasteiger partial charge in [0, 0.05) is 43.8 Å². The fourth-order valence-electron chi connectivity index (χ4n) is 3.56. The number of methoxy groups -OCH3 is 1. The smallest absolute Gasteiger partial charge is 0.410 e. The predicted octanol–water partition coefficient (Wildman–Crippen LogP) is 5.24. The van der Waals surface area contributed by atoms with Crippen LogP contribution in [0.25, 0.3) is 11.1 Å². The van der Waals surface area contributed by atoms with E-state index in [4.69, 9.17) is 14.6 Å². The number of aliphatic hydroxyl groups is 1. The van der Waals surface area contributed by atoms with Crippen LogP contribution in [0.3, 0.4) is 0 Å². The number of ether oxygens (including phenoxy) is 2. The number of pyridine rings is 1. The highest BCUT2D eigenvalue weighted by Crippen LogP contribution is 2.28. The molecule has 174 valence electrons. The van der Waals surface area contributed by atoms with E-state index < -0.39 is 0 Å². The second kappa shape index (κ2) is 12.0. The SMILES string of the molecule is COc1ccc(-c2ccc(C(C)N3CCC(CCO)OC3=O)cc2)cn1.Fc1ccccc1. The second-order valence-electron chi connectivity index (χ2n) is 7.68. The average molecular weight is 453 g/mol. The standard InChI is InChI=1S/C20H24N2O4.C6H5F/c1-14(22-11-9-18(10-12-23)26-20(22)24)15-3-5-16(6-4-15)17-7-8-19(25-2)21-13-17;7-6-4-2-1-3-5-6/h3-8,13-14,18,23H,9-12H2,1-2H3;1-5H. The van der Waals surface area contributed by atoms with Gasteiger partial charge in [-0.25, -0.2) is 14.2 Å². The molecule has 0 saturated carbocycles. The van der Waals surface area contributed by atoms with Crippen molar-refractivity contribution in [2.75, 3.05) is 20.3 Å². The third kappa shape index (κ3) is 6.76. The molecule has 1 aromatic heterocycles. The molecule has 0 bridgehead atoms. The Morgan fingerprint density at radius 1 is 1.12 bits per heavy atom. The molecule has 1 saturated heterocycles. The number of halogens is 1. The third-order valence-electron chi connectivity index (χ3n) is 5.52. The summed E-state index contributed by atoms with van der Waals surface area (Å²) in [6, 6.07) is 19.8. The van der Waals surface area contributed by atoms with Crippen molar-refractivity contribution in [3.63, 3.8) is 0 Å². The monoisotopic (exact) mass is 452 g/mol. The first-order chi connectivity index (χ1) is 16.0. The molecule has 1 aliphatic heterocycles. The minimum Gasteiger partial charge on any atom is -0.481 e. The Hall–Kier alpha value is -3.45. The first kappa shape index (κ1) is 24.2. The molecule has 0 radical (unpaired) electrons. The summed E-state index contributed by atoms with van der Waals surface area (Å²) in [5.41, 5.74) is 3.11. The summed E-state index contributed by atoms with van der Waals surface area (Å²) in [7, 11) is 1.59. The number of cyclic esters (lactones) is 1. The van der Waals surface area contributed by atoms with Crippen LogP contribution >= 0.6 is 0 Å². The topological polar surface area (TPSA) is 71.9 Å². The fourth-order valence-corrected chi connectivity index (χ4v) is 3.56. The van der Waals surface area contributed by atoms with Crippen LogP contribution in [0.5, 0.6) is 5.88 Å². The van der Waals surface area contributed by atoms with E-state index in [-0.39, 0.29) is 30.7 Å². The highest BCUT2D eigenvalue weighted by molar-refractivity contribution is 5.69. The summed E-state index contributed by atoms with van der Waals surface area (Å²) in [5, 5.41) is 8.99. The van der Waals surface area contributed by atoms with Crippen molar-refractivity contribution in [3.8, 4) is 17.0 Å². The van der Waals surface area contributed by atoms with Crippen molar-refractivity contribution in [1.82, 2.24) is 9.88 Å². The van der Waals surface area contributed by atoms with Crippen LogP contribution < -0.4 is 4.74 Å². The molecule has 1 fully saturated rings. The molecule has 0 spiro atoms. The highest BCUT2D eigenvalue weighted by atomic mass is 19.1. The van der Waals surface area contributed by atoms with Gasteiger partial charge in [0.25, 0.3) is 0 Å². The van der Waals surface area contributed by atoms with Crippen molar-refractivity contribution < 1.29 is 23.8 Å². The molecule has 1 aliphatic rings. The largest absolute Gasteiger partial charge is 0.481 e. The number of carbonyl (C=O) groups excluding carboxylic acids is 1. The summed E-state index contributed by atoms with van der Waals surface area (Å²) in [5.74, 6) is 0.407. The molecule has 1 amide bonds. The van der Waals surface area contributed by atoms with E-state index in [1.807, 2.05) is 43.3 Å². The molecule has 2 aromatic carbocycles. The zero-order valence-electron chi connectivity index (χ0n) is 18.9. The number of hydrogen-bond acceptors (Lipinski definition) is 5. The fraction of sp³-hybridized carbons (Fsp3) is 0.308. The Bertz CT molecular complexity index is 997. The average Bonchev–Trinajstić information content (AvgIpc) is 2.85. The maximum absolute atomic E-state index is 12.2. The van der Waals surface area contributed by atoms with E-state index in [1.54, 1.807) is 36.4 Å². The lowest BCUT2D eigenvalue weighted by Crippen LogP contribution is -2.43. The molecular formula is C26H29FN2O4. The Labute approximate surface area is 193 Å². The molecule has 4 rings (SSSR count). The van der Waals surface area contributed by atoms with Gasteiger partial charge < -0.3 is 19.5 Å². The minimum absolute atomic E-state index is 0.0369. The Kier molecular flexibility index (Phi) is 8.78. The molecule has 2 heterocycles. The van der Waals surface area contributed by atoms with Crippen molar-refractivity contribution >= 4 is 6.09 Å². The number of rotatable bonds is 6. The maximum Gasteiger partial charge on any atom is 0.410 e. The van der Waals surface area contributed by atoms with E-state index in [1.165, 1.54) is 12.1 Å². The van der Waals surface area contributed by atoms with Crippen molar-refractivity contribution in [1.29, 1.82) is 0 Å². The van der Waals surface area contributed by atoms with Crippen molar-refractivity contribution in [2.24, 2.45) is 0 Å². The van der Waals surface area contributed by atoms with Crippen LogP contribution in [0.4, 0.5) is 9.18 Å². The van der Waals surface area contributed by atoms with E-state index in [0.717, 1.165) is 23.1 Å². The van der Waals surface area contributed by atoms with Gasteiger partial charge in [0.2, 0.25) is 5.88 Å². The number of hydrogen-bond donors (Lipinski definition) is 1. The van der Waals surface area contributed by atoms with Gasteiger partial charge >= 0.3 is 6.09 Å². The Morgan fingerprint density at radius 2 is 1.82 bits per heavy atom. The second-order valence-corrected chi connectivity index (χ2v) is 7.68. The van der Waals surface area contributed by atoms with E-state index >= 15 is 0 Å². The quantitative estimate of drug-likeness (QED) is 0.554. The van der Waals surface area contributed by atoms with E-state index in [9.17, 15) is 9.18 Å². The maximum atomic E-state index is 12.2. The lowest BCUT2D eigenvalue weighted by molar-refractivity contribution is 0.00400. The number of aliphatic hydroxyl groups excluding tert-OH is 1. The van der Waals surface area contributed by atoms with Crippen molar-refractivity contribution in [2.45, 2.75) is 31.9 Å². The predicted molar refractivity (Wildman–Crippen MR) is 124 cm³/mol. The Balaban J connectivity index is 0.000000374. The zero-order valence-corrected chi connectivity index (χ0v) is 18.9. The van der Waals surface area contributed by atoms with Gasteiger partial charge in [0.05, 0.1) is 13.2 Å². The van der Waals surface area contributed by atoms with Crippen LogP contribution in [-0.2, 0) is 4.74 Å². The molecule has 6 nitrogen and oxygen atoms in total. The first-order valence-corrected chi connectivity index (χ1v) is 10.9.